The van der Waals surface area contributed by atoms with Gasteiger partial charge in [-0.1, -0.05) is 18.2 Å². The first-order valence-corrected chi connectivity index (χ1v) is 8.23. The maximum absolute atomic E-state index is 9.25. The average Bonchev–Trinajstić information content (AvgIpc) is 3.33. The van der Waals surface area contributed by atoms with Crippen LogP contribution in [0, 0.1) is 25.2 Å². The summed E-state index contributed by atoms with van der Waals surface area (Å²) in [5, 5.41) is 25.7. The number of hydrogen-bond acceptors (Lipinski definition) is 7. The first kappa shape index (κ1) is 16.5. The molecule has 0 aliphatic rings. The number of aryl methyl sites for hydroxylation is 2. The summed E-state index contributed by atoms with van der Waals surface area (Å²) in [6.07, 6.45) is 1.54. The molecule has 0 saturated carbocycles. The summed E-state index contributed by atoms with van der Waals surface area (Å²) >= 11 is 0. The summed E-state index contributed by atoms with van der Waals surface area (Å²) in [4.78, 5) is 4.63. The fourth-order valence-electron chi connectivity index (χ4n) is 2.79. The molecular formula is C19H15N7O. The molecule has 2 N–H and O–H groups in total. The van der Waals surface area contributed by atoms with Gasteiger partial charge >= 0.3 is 0 Å². The van der Waals surface area contributed by atoms with Gasteiger partial charge in [-0.15, -0.1) is 10.2 Å². The minimum atomic E-state index is 0.228. The Bertz CT molecular complexity index is 1180. The summed E-state index contributed by atoms with van der Waals surface area (Å²) in [5.74, 6) is 0.814. The topological polar surface area (TPSA) is 116 Å². The summed E-state index contributed by atoms with van der Waals surface area (Å²) < 4.78 is 5.99. The third-order valence-corrected chi connectivity index (χ3v) is 4.14. The van der Waals surface area contributed by atoms with E-state index in [1.807, 2.05) is 56.3 Å². The molecule has 0 atom stereocenters. The van der Waals surface area contributed by atoms with Crippen LogP contribution in [0.25, 0.3) is 28.1 Å². The molecule has 0 aliphatic carbocycles. The number of aromatic nitrogens is 5. The van der Waals surface area contributed by atoms with Crippen LogP contribution in [0.1, 0.15) is 17.0 Å². The summed E-state index contributed by atoms with van der Waals surface area (Å²) in [5.41, 5.74) is 5.52. The Kier molecular flexibility index (Phi) is 4.10. The molecule has 0 saturated heterocycles. The highest BCUT2D eigenvalue weighted by molar-refractivity contribution is 5.84. The number of nitrogens with one attached hydrogen (secondary N) is 2. The van der Waals surface area contributed by atoms with E-state index in [9.17, 15) is 5.26 Å². The van der Waals surface area contributed by atoms with Gasteiger partial charge in [0.2, 0.25) is 11.7 Å². The summed E-state index contributed by atoms with van der Waals surface area (Å²) in [7, 11) is 0. The van der Waals surface area contributed by atoms with E-state index in [1.165, 1.54) is 6.20 Å². The molecule has 2 aromatic heterocycles. The highest BCUT2D eigenvalue weighted by Gasteiger charge is 2.13. The predicted octanol–water partition coefficient (Wildman–Crippen LogP) is 3.60. The third kappa shape index (κ3) is 3.14. The van der Waals surface area contributed by atoms with Crippen molar-refractivity contribution in [3.8, 4) is 17.5 Å². The van der Waals surface area contributed by atoms with Crippen LogP contribution < -0.4 is 5.32 Å². The maximum Gasteiger partial charge on any atom is 0.227 e. The number of hydrogen-bond donors (Lipinski definition) is 2. The molecule has 0 radical (unpaired) electrons. The predicted molar refractivity (Wildman–Crippen MR) is 100 cm³/mol. The summed E-state index contributed by atoms with van der Waals surface area (Å²) in [6, 6.07) is 13.8. The van der Waals surface area contributed by atoms with Crippen molar-refractivity contribution in [3.63, 3.8) is 0 Å². The van der Waals surface area contributed by atoms with Gasteiger partial charge in [-0.25, -0.2) is 4.98 Å². The number of tetrazole rings is 1. The second kappa shape index (κ2) is 6.72. The molecular weight excluding hydrogens is 342 g/mol. The fourth-order valence-corrected chi connectivity index (χ4v) is 2.79. The third-order valence-electron chi connectivity index (χ3n) is 4.14. The lowest BCUT2D eigenvalue weighted by molar-refractivity contribution is 0.617. The maximum atomic E-state index is 9.25. The first-order valence-electron chi connectivity index (χ1n) is 8.23. The van der Waals surface area contributed by atoms with Crippen molar-refractivity contribution in [2.45, 2.75) is 13.8 Å². The van der Waals surface area contributed by atoms with E-state index >= 15 is 0 Å². The Morgan fingerprint density at radius 2 is 2.07 bits per heavy atom. The number of benzene rings is 2. The molecule has 4 aromatic rings. The molecule has 27 heavy (non-hydrogen) atoms. The van der Waals surface area contributed by atoms with Crippen LogP contribution >= 0.6 is 0 Å². The fraction of sp³-hybridized carbons (Fsp3) is 0.105. The van der Waals surface area contributed by atoms with Crippen LogP contribution in [-0.2, 0) is 0 Å². The number of rotatable bonds is 4. The van der Waals surface area contributed by atoms with E-state index in [2.05, 4.69) is 30.9 Å². The molecule has 2 aromatic carbocycles. The smallest absolute Gasteiger partial charge is 0.227 e. The first-order chi connectivity index (χ1) is 13.2. The number of aromatic amines is 1. The Hall–Kier alpha value is -3.99. The lowest BCUT2D eigenvalue weighted by atomic mass is 10.1. The van der Waals surface area contributed by atoms with Crippen LogP contribution in [-0.4, -0.2) is 25.6 Å². The van der Waals surface area contributed by atoms with E-state index in [0.717, 1.165) is 33.5 Å². The standard InChI is InChI=1S/C19H15N7O/c1-11-5-3-4-6-15(11)19-22-16-8-14(7-12(2)17(16)27-19)21-10-13(9-20)18-23-25-26-24-18/h3-8,10,21H,1-2H3,(H,23,24,25,26). The molecule has 0 unspecified atom stereocenters. The van der Waals surface area contributed by atoms with Gasteiger partial charge in [-0.3, -0.25) is 0 Å². The van der Waals surface area contributed by atoms with E-state index in [1.54, 1.807) is 0 Å². The van der Waals surface area contributed by atoms with Crippen molar-refractivity contribution < 1.29 is 4.42 Å². The lowest BCUT2D eigenvalue weighted by Crippen LogP contribution is -1.93. The number of nitrogens with zero attached hydrogens (tertiary/aromatic N) is 5. The van der Waals surface area contributed by atoms with Crippen LogP contribution in [0.4, 0.5) is 5.69 Å². The van der Waals surface area contributed by atoms with Crippen LogP contribution in [0.5, 0.6) is 0 Å². The molecule has 0 bridgehead atoms. The van der Waals surface area contributed by atoms with E-state index in [0.29, 0.717) is 5.89 Å². The second-order valence-corrected chi connectivity index (χ2v) is 6.02. The number of allylic oxidation sites excluding steroid dienone is 1. The van der Waals surface area contributed by atoms with Crippen LogP contribution in [0.3, 0.4) is 0 Å². The average molecular weight is 357 g/mol. The Balaban J connectivity index is 1.70. The van der Waals surface area contributed by atoms with Crippen molar-refractivity contribution in [1.82, 2.24) is 25.6 Å². The van der Waals surface area contributed by atoms with Gasteiger partial charge < -0.3 is 9.73 Å². The minimum absolute atomic E-state index is 0.228. The van der Waals surface area contributed by atoms with Crippen LogP contribution in [0.15, 0.2) is 47.0 Å². The number of nitriles is 1. The minimum Gasteiger partial charge on any atom is -0.436 e. The molecule has 4 rings (SSSR count). The van der Waals surface area contributed by atoms with Crippen molar-refractivity contribution in [2.75, 3.05) is 5.32 Å². The SMILES string of the molecule is Cc1ccccc1-c1nc2cc(NC=C(C#N)c3nn[nH]n3)cc(C)c2o1. The largest absolute Gasteiger partial charge is 0.436 e. The zero-order chi connectivity index (χ0) is 18.8. The molecule has 0 aliphatic heterocycles. The molecule has 8 nitrogen and oxygen atoms in total. The number of fused-ring (bicyclic) bond motifs is 1. The van der Waals surface area contributed by atoms with Gasteiger partial charge in [-0.2, -0.15) is 10.5 Å². The molecule has 0 fully saturated rings. The van der Waals surface area contributed by atoms with Crippen molar-refractivity contribution in [2.24, 2.45) is 0 Å². The van der Waals surface area contributed by atoms with Crippen LogP contribution in [0.2, 0.25) is 0 Å². The van der Waals surface area contributed by atoms with Gasteiger partial charge in [0.1, 0.15) is 17.2 Å². The van der Waals surface area contributed by atoms with Gasteiger partial charge in [0.15, 0.2) is 5.58 Å². The normalized spacial score (nSPS) is 11.5. The van der Waals surface area contributed by atoms with Crippen molar-refractivity contribution in [3.05, 3.63) is 59.5 Å². The molecule has 2 heterocycles. The number of anilines is 1. The van der Waals surface area contributed by atoms with E-state index < -0.39 is 0 Å². The Labute approximate surface area is 154 Å². The molecule has 8 heteroatoms. The van der Waals surface area contributed by atoms with Crippen molar-refractivity contribution >= 4 is 22.4 Å². The molecule has 0 amide bonds. The lowest BCUT2D eigenvalue weighted by Gasteiger charge is -2.03. The number of oxazole rings is 1. The summed E-state index contributed by atoms with van der Waals surface area (Å²) in [6.45, 7) is 3.98. The van der Waals surface area contributed by atoms with Gasteiger partial charge in [0, 0.05) is 17.5 Å². The van der Waals surface area contributed by atoms with Gasteiger partial charge in [-0.05, 0) is 48.4 Å². The zero-order valence-corrected chi connectivity index (χ0v) is 14.7. The second-order valence-electron chi connectivity index (χ2n) is 6.02. The Morgan fingerprint density at radius 1 is 1.22 bits per heavy atom. The quantitative estimate of drug-likeness (QED) is 0.536. The monoisotopic (exact) mass is 357 g/mol. The molecule has 132 valence electrons. The van der Waals surface area contributed by atoms with E-state index in [-0.39, 0.29) is 11.4 Å². The highest BCUT2D eigenvalue weighted by Crippen LogP contribution is 2.30. The van der Waals surface area contributed by atoms with Gasteiger partial charge in [0.25, 0.3) is 0 Å². The number of H-pyrrole nitrogens is 1. The molecule has 0 spiro atoms. The van der Waals surface area contributed by atoms with Crippen molar-refractivity contribution in [1.29, 1.82) is 5.26 Å². The zero-order valence-electron chi connectivity index (χ0n) is 14.7. The van der Waals surface area contributed by atoms with Gasteiger partial charge in [0.05, 0.1) is 0 Å². The highest BCUT2D eigenvalue weighted by atomic mass is 16.3. The van der Waals surface area contributed by atoms with E-state index in [4.69, 9.17) is 4.42 Å². The Morgan fingerprint density at radius 3 is 2.81 bits per heavy atom.